The first-order valence-corrected chi connectivity index (χ1v) is 34.5. The van der Waals surface area contributed by atoms with E-state index in [4.69, 9.17) is 9.72 Å². The number of para-hydroxylation sites is 5. The average Bonchev–Trinajstić information content (AvgIpc) is 0.779. The molecule has 6 nitrogen and oxygen atoms in total. The van der Waals surface area contributed by atoms with Crippen LogP contribution >= 0.6 is 0 Å². The number of pyridine rings is 1. The number of rotatable bonds is 12. The number of hydrogen-bond donors (Lipinski definition) is 0. The standard InChI is InChI=1S/C92H61N5O.Pt/c1-63-56-90(93-61-79(63)70-48-46-67(47-49-70)64-26-8-2-9-27-64)97-84-43-21-20-42-80(84)92(81-53-50-71(65-28-10-3-11-29-65)57-87(81)96(73-36-18-7-19-37-73)88-58-72(51-54-82(88)92)66-30-12-4-13-31-66)83-55-52-76(60-89(83)97)98-75-39-24-38-74(59-75)94-62-95(86-45-23-22-44-85(86)94)91-77(68-32-14-5-15-33-68)40-25-41-78(91)69-34-16-6-17-35-69;/h2-58,61H,1H3;/q-2;. The van der Waals surface area contributed by atoms with Crippen molar-refractivity contribution in [1.82, 2.24) is 14.1 Å². The van der Waals surface area contributed by atoms with E-state index in [1.807, 2.05) is 12.3 Å². The van der Waals surface area contributed by atoms with E-state index in [-0.39, 0.29) is 0 Å². The van der Waals surface area contributed by atoms with E-state index < -0.39 is 5.41 Å². The number of ether oxygens (including phenoxy) is 1. The van der Waals surface area contributed by atoms with Crippen LogP contribution < -0.4 is 14.5 Å². The molecule has 0 bridgehead atoms. The second kappa shape index (κ2) is 24.8. The number of hydrogen-bond acceptors (Lipinski definition) is 4. The van der Waals surface area contributed by atoms with Crippen molar-refractivity contribution in [3.8, 4) is 89.6 Å². The molecule has 4 heterocycles. The van der Waals surface area contributed by atoms with Crippen LogP contribution in [0.5, 0.6) is 11.5 Å². The van der Waals surface area contributed by atoms with Crippen molar-refractivity contribution in [2.24, 2.45) is 0 Å². The minimum Gasteiger partial charge on any atom is -0.310 e. The van der Waals surface area contributed by atoms with Gasteiger partial charge in [-0.15, -0.1) is 0 Å². The zero-order chi connectivity index (χ0) is 66.0. The van der Waals surface area contributed by atoms with Crippen molar-refractivity contribution in [1.29, 1.82) is 0 Å². The molecule has 99 heavy (non-hydrogen) atoms. The van der Waals surface area contributed by atoms with E-state index in [1.165, 1.54) is 11.1 Å². The molecular formula is C92H61N5OPt-2. The first kappa shape index (κ1) is 59.3. The summed E-state index contributed by atoms with van der Waals surface area (Å²) in [6.45, 7) is 2.19. The zero-order valence-corrected chi connectivity index (χ0v) is 56.2. The number of benzene rings is 14. The van der Waals surface area contributed by atoms with Crippen LogP contribution in [0.15, 0.2) is 352 Å². The van der Waals surface area contributed by atoms with E-state index in [9.17, 15) is 0 Å². The number of fused-ring (bicyclic) bond motifs is 9. The van der Waals surface area contributed by atoms with Gasteiger partial charge < -0.3 is 4.90 Å². The molecule has 0 N–H and O–H groups in total. The van der Waals surface area contributed by atoms with Crippen molar-refractivity contribution in [2.75, 3.05) is 9.80 Å². The van der Waals surface area contributed by atoms with Crippen LogP contribution in [-0.4, -0.2) is 14.1 Å². The summed E-state index contributed by atoms with van der Waals surface area (Å²) in [6, 6.07) is 132. The molecule has 0 fully saturated rings. The van der Waals surface area contributed by atoms with E-state index >= 15 is 0 Å². The SMILES string of the molecule is Cc1cc(N2c3[c-]c(Oc4[c-]c(-n5[c](=[Pt])n(-c6c(-c7ccccc7)cccc6-c6ccccc6)c6ccccc65)ccc4)ccc3C3(c4ccccc42)c2ccc(-c4ccccc4)cc2N(c2ccccc2)c2cc(-c4ccccc4)ccc23)ncc1-c1ccc(-c2ccccc2)cc1. The fraction of sp³-hybridized carbons (Fsp3) is 0.0217. The molecule has 18 rings (SSSR count). The maximum absolute atomic E-state index is 7.25. The van der Waals surface area contributed by atoms with Gasteiger partial charge >= 0.3 is 306 Å². The number of imidazole rings is 1. The summed E-state index contributed by atoms with van der Waals surface area (Å²) >= 11 is 2.50. The van der Waals surface area contributed by atoms with Gasteiger partial charge in [-0.2, -0.15) is 0 Å². The van der Waals surface area contributed by atoms with Crippen LogP contribution in [0, 0.1) is 22.9 Å². The summed E-state index contributed by atoms with van der Waals surface area (Å²) in [4.78, 5) is 10.3. The van der Waals surface area contributed by atoms with Crippen LogP contribution in [0.2, 0.25) is 0 Å². The Morgan fingerprint density at radius 3 is 1.37 bits per heavy atom. The first-order chi connectivity index (χ1) is 48.9. The van der Waals surface area contributed by atoms with E-state index in [2.05, 4.69) is 397 Å². The smallest absolute Gasteiger partial charge is 0.310 e. The predicted octanol–water partition coefficient (Wildman–Crippen LogP) is 23.5. The monoisotopic (exact) mass is 1450 g/mol. The molecule has 0 atom stereocenters. The first-order valence-electron chi connectivity index (χ1n) is 33.4. The minimum absolute atomic E-state index is 0.529. The fourth-order valence-electron chi connectivity index (χ4n) is 15.1. The Bertz CT molecular complexity index is 5650. The van der Waals surface area contributed by atoms with Crippen LogP contribution in [0.3, 0.4) is 0 Å². The van der Waals surface area contributed by atoms with Crippen molar-refractivity contribution < 1.29 is 24.1 Å². The molecule has 2 aliphatic rings. The van der Waals surface area contributed by atoms with Crippen molar-refractivity contribution >= 4 is 45.3 Å². The van der Waals surface area contributed by atoms with Gasteiger partial charge in [0.25, 0.3) is 0 Å². The van der Waals surface area contributed by atoms with Crippen molar-refractivity contribution in [2.45, 2.75) is 12.3 Å². The minimum atomic E-state index is -0.916. The Hall–Kier alpha value is -12.2. The molecule has 2 aromatic heterocycles. The van der Waals surface area contributed by atoms with Crippen molar-refractivity contribution in [3.63, 3.8) is 0 Å². The summed E-state index contributed by atoms with van der Waals surface area (Å²) in [6.07, 6.45) is 2.04. The van der Waals surface area contributed by atoms with Crippen LogP contribution in [0.25, 0.3) is 89.2 Å². The summed E-state index contributed by atoms with van der Waals surface area (Å²) in [5.41, 5.74) is 27.2. The summed E-state index contributed by atoms with van der Waals surface area (Å²) in [7, 11) is 0. The predicted molar refractivity (Wildman–Crippen MR) is 400 cm³/mol. The molecule has 0 aliphatic carbocycles. The summed E-state index contributed by atoms with van der Waals surface area (Å²) in [5.74, 6) is 1.83. The molecule has 0 saturated carbocycles. The van der Waals surface area contributed by atoms with Gasteiger partial charge in [0.1, 0.15) is 0 Å². The summed E-state index contributed by atoms with van der Waals surface area (Å²) in [5, 5.41) is 0. The molecular weight excluding hydrogens is 1390 g/mol. The Kier molecular flexibility index (Phi) is 14.8. The molecule has 1 spiro atoms. The van der Waals surface area contributed by atoms with Gasteiger partial charge in [0, 0.05) is 17.4 Å². The zero-order valence-electron chi connectivity index (χ0n) is 53.9. The Balaban J connectivity index is 0.836. The van der Waals surface area contributed by atoms with E-state index in [0.29, 0.717) is 11.5 Å². The molecule has 472 valence electrons. The third-order valence-corrected chi connectivity index (χ3v) is 20.6. The van der Waals surface area contributed by atoms with Gasteiger partial charge in [-0.05, 0) is 75.7 Å². The molecule has 0 amide bonds. The molecule has 0 radical (unpaired) electrons. The molecule has 0 saturated heterocycles. The van der Waals surface area contributed by atoms with Gasteiger partial charge in [0.15, 0.2) is 0 Å². The van der Waals surface area contributed by atoms with Gasteiger partial charge in [-0.25, -0.2) is 0 Å². The van der Waals surface area contributed by atoms with Crippen LogP contribution in [0.1, 0.15) is 27.8 Å². The normalized spacial score (nSPS) is 12.6. The molecule has 16 aromatic rings. The van der Waals surface area contributed by atoms with Gasteiger partial charge in [-0.1, -0.05) is 176 Å². The Morgan fingerprint density at radius 2 is 0.788 bits per heavy atom. The Labute approximate surface area is 586 Å². The number of anilines is 6. The van der Waals surface area contributed by atoms with Gasteiger partial charge in [0.05, 0.1) is 11.4 Å². The van der Waals surface area contributed by atoms with Crippen LogP contribution in [-0.2, 0) is 24.8 Å². The second-order valence-corrected chi connectivity index (χ2v) is 26.2. The molecule has 7 heteroatoms. The van der Waals surface area contributed by atoms with Crippen molar-refractivity contribution in [3.05, 3.63) is 396 Å². The maximum atomic E-state index is 7.25. The summed E-state index contributed by atoms with van der Waals surface area (Å²) < 4.78 is 12.9. The quantitative estimate of drug-likeness (QED) is 0.114. The fourth-order valence-corrected chi connectivity index (χ4v) is 16.2. The van der Waals surface area contributed by atoms with E-state index in [1.54, 1.807) is 0 Å². The number of aryl methyl sites for hydroxylation is 1. The van der Waals surface area contributed by atoms with Gasteiger partial charge in [-0.3, -0.25) is 0 Å². The topological polar surface area (TPSA) is 38.5 Å². The Morgan fingerprint density at radius 1 is 0.343 bits per heavy atom. The van der Waals surface area contributed by atoms with Gasteiger partial charge in [0.2, 0.25) is 0 Å². The molecule has 14 aromatic carbocycles. The third kappa shape index (κ3) is 10.1. The second-order valence-electron chi connectivity index (χ2n) is 25.2. The van der Waals surface area contributed by atoms with E-state index in [0.717, 1.165) is 144 Å². The third-order valence-electron chi connectivity index (χ3n) is 19.6. The average molecular weight is 1450 g/mol. The van der Waals surface area contributed by atoms with Crippen LogP contribution in [0.4, 0.5) is 34.3 Å². The molecule has 2 aliphatic heterocycles. The number of aromatic nitrogens is 3. The number of nitrogens with zero attached hydrogens (tertiary/aromatic N) is 5. The molecule has 0 unspecified atom stereocenters.